The fraction of sp³-hybridized carbons (Fsp3) is 0.630. The molecule has 0 fully saturated rings. The number of ether oxygens (including phenoxy) is 3. The molecular weight excluding hydrogens is 509 g/mol. The van der Waals surface area contributed by atoms with Crippen LogP contribution in [0.4, 0.5) is 0 Å². The summed E-state index contributed by atoms with van der Waals surface area (Å²) in [6.07, 6.45) is 2.40. The molecule has 1 aliphatic rings. The van der Waals surface area contributed by atoms with Gasteiger partial charge in [0.2, 0.25) is 0 Å². The Morgan fingerprint density at radius 1 is 1.35 bits per heavy atom. The molecule has 1 aliphatic heterocycles. The van der Waals surface area contributed by atoms with Crippen molar-refractivity contribution in [3.63, 3.8) is 0 Å². The lowest BCUT2D eigenvalue weighted by atomic mass is 9.94. The van der Waals surface area contributed by atoms with Gasteiger partial charge in [0, 0.05) is 19.2 Å². The molecular formula is C27H42NO7PSi. The van der Waals surface area contributed by atoms with E-state index >= 15 is 0 Å². The molecule has 0 aliphatic carbocycles. The van der Waals surface area contributed by atoms with E-state index in [0.717, 1.165) is 22.7 Å². The molecule has 3 atom stereocenters. The molecule has 2 rings (SSSR count). The molecule has 1 aromatic carbocycles. The van der Waals surface area contributed by atoms with Gasteiger partial charge < -0.3 is 23.6 Å². The van der Waals surface area contributed by atoms with Crippen molar-refractivity contribution in [2.24, 2.45) is 0 Å². The van der Waals surface area contributed by atoms with E-state index in [1.54, 1.807) is 14.0 Å². The van der Waals surface area contributed by atoms with Gasteiger partial charge in [0.25, 0.3) is 0 Å². The zero-order valence-electron chi connectivity index (χ0n) is 23.7. The van der Waals surface area contributed by atoms with Crippen LogP contribution in [0.5, 0.6) is 11.5 Å². The molecule has 8 nitrogen and oxygen atoms in total. The van der Waals surface area contributed by atoms with Crippen LogP contribution in [0.2, 0.25) is 25.7 Å². The van der Waals surface area contributed by atoms with Crippen LogP contribution in [0.25, 0.3) is 0 Å². The molecule has 0 spiro atoms. The molecule has 206 valence electrons. The van der Waals surface area contributed by atoms with Gasteiger partial charge in [0.05, 0.1) is 25.9 Å². The summed E-state index contributed by atoms with van der Waals surface area (Å²) < 4.78 is 35.8. The smallest absolute Gasteiger partial charge is 0.348 e. The average Bonchev–Trinajstić information content (AvgIpc) is 3.19. The van der Waals surface area contributed by atoms with Gasteiger partial charge in [-0.1, -0.05) is 38.2 Å². The molecule has 1 N–H and O–H groups in total. The number of esters is 1. The number of benzene rings is 1. The standard InChI is InChI=1S/C27H42NO7PSi/c1-10-19(3)35-36(30,31)27(5,17-28)15-18(2)11-12-21-24(32-6)20(4)22-16-34-26(29)23(22)25(21)33-13-14-37(7,8)9/h11,19H,10,12-16H2,1-9H3,(H,30,31). The molecule has 0 bridgehead atoms. The maximum absolute atomic E-state index is 13.0. The highest BCUT2D eigenvalue weighted by Crippen LogP contribution is 2.58. The summed E-state index contributed by atoms with van der Waals surface area (Å²) in [5.41, 5.74) is 3.50. The van der Waals surface area contributed by atoms with E-state index < -0.39 is 32.9 Å². The Labute approximate surface area is 222 Å². The largest absolute Gasteiger partial charge is 0.496 e. The number of rotatable bonds is 13. The van der Waals surface area contributed by atoms with Crippen molar-refractivity contribution in [3.05, 3.63) is 33.9 Å². The molecule has 37 heavy (non-hydrogen) atoms. The van der Waals surface area contributed by atoms with Gasteiger partial charge in [-0.05, 0) is 58.6 Å². The third kappa shape index (κ3) is 7.26. The van der Waals surface area contributed by atoms with Crippen molar-refractivity contribution < 1.29 is 33.0 Å². The highest BCUT2D eigenvalue weighted by molar-refractivity contribution is 7.55. The van der Waals surface area contributed by atoms with Crippen LogP contribution in [-0.2, 0) is 26.9 Å². The van der Waals surface area contributed by atoms with Gasteiger partial charge >= 0.3 is 13.6 Å². The van der Waals surface area contributed by atoms with Crippen LogP contribution < -0.4 is 9.47 Å². The Bertz CT molecular complexity index is 1140. The first-order valence-electron chi connectivity index (χ1n) is 12.7. The number of hydrogen-bond acceptors (Lipinski definition) is 7. The van der Waals surface area contributed by atoms with Crippen LogP contribution in [0.3, 0.4) is 0 Å². The SMILES string of the molecule is CCC(C)OP(=O)(O)C(C)(C#N)CC(C)=CCc1c(OC)c(C)c2c(c1OCC[Si](C)(C)C)C(=O)OC2. The Balaban J connectivity index is 2.46. The predicted octanol–water partition coefficient (Wildman–Crippen LogP) is 6.55. The minimum Gasteiger partial charge on any atom is -0.496 e. The van der Waals surface area contributed by atoms with Crippen LogP contribution in [0.15, 0.2) is 11.6 Å². The summed E-state index contributed by atoms with van der Waals surface area (Å²) in [6, 6.07) is 2.94. The second kappa shape index (κ2) is 12.2. The Hall–Kier alpha value is -2.11. The number of carbonyl (C=O) groups is 1. The van der Waals surface area contributed by atoms with Crippen LogP contribution >= 0.6 is 7.60 Å². The third-order valence-corrected chi connectivity index (χ3v) is 10.6. The lowest BCUT2D eigenvalue weighted by Gasteiger charge is -2.29. The van der Waals surface area contributed by atoms with Crippen molar-refractivity contribution in [2.45, 2.75) is 97.4 Å². The second-order valence-corrected chi connectivity index (χ2v) is 19.1. The van der Waals surface area contributed by atoms with E-state index in [1.165, 1.54) is 6.92 Å². The van der Waals surface area contributed by atoms with Crippen molar-refractivity contribution in [3.8, 4) is 17.6 Å². The van der Waals surface area contributed by atoms with Crippen molar-refractivity contribution in [1.82, 2.24) is 0 Å². The summed E-state index contributed by atoms with van der Waals surface area (Å²) in [5, 5.41) is 8.22. The number of allylic oxidation sites excluding steroid dienone is 2. The van der Waals surface area contributed by atoms with E-state index in [9.17, 15) is 19.5 Å². The fourth-order valence-corrected chi connectivity index (χ4v) is 6.32. The maximum atomic E-state index is 13.0. The van der Waals surface area contributed by atoms with E-state index in [-0.39, 0.29) is 13.0 Å². The molecule has 0 amide bonds. The maximum Gasteiger partial charge on any atom is 0.348 e. The highest BCUT2D eigenvalue weighted by atomic mass is 31.2. The Morgan fingerprint density at radius 3 is 2.54 bits per heavy atom. The van der Waals surface area contributed by atoms with E-state index in [1.807, 2.05) is 32.9 Å². The molecule has 0 saturated carbocycles. The average molecular weight is 552 g/mol. The zero-order chi connectivity index (χ0) is 28.2. The Kier molecular flexibility index (Phi) is 10.2. The van der Waals surface area contributed by atoms with E-state index in [2.05, 4.69) is 19.6 Å². The molecule has 0 radical (unpaired) electrons. The topological polar surface area (TPSA) is 115 Å². The summed E-state index contributed by atoms with van der Waals surface area (Å²) >= 11 is 0. The van der Waals surface area contributed by atoms with Gasteiger partial charge in [-0.2, -0.15) is 5.26 Å². The van der Waals surface area contributed by atoms with Gasteiger partial charge in [0.1, 0.15) is 23.7 Å². The number of methoxy groups -OCH3 is 1. The lowest BCUT2D eigenvalue weighted by Crippen LogP contribution is -2.26. The summed E-state index contributed by atoms with van der Waals surface area (Å²) in [6.45, 7) is 16.2. The number of nitrogens with zero attached hydrogens (tertiary/aromatic N) is 1. The number of hydrogen-bond donors (Lipinski definition) is 1. The van der Waals surface area contributed by atoms with Crippen molar-refractivity contribution >= 4 is 21.6 Å². The highest BCUT2D eigenvalue weighted by Gasteiger charge is 2.46. The third-order valence-electron chi connectivity index (χ3n) is 6.76. The van der Waals surface area contributed by atoms with Gasteiger partial charge in [-0.3, -0.25) is 4.57 Å². The summed E-state index contributed by atoms with van der Waals surface area (Å²) in [4.78, 5) is 23.3. The minimum atomic E-state index is -4.23. The molecule has 0 aromatic heterocycles. The van der Waals surface area contributed by atoms with E-state index in [4.69, 9.17) is 18.7 Å². The van der Waals surface area contributed by atoms with Gasteiger partial charge in [-0.25, -0.2) is 4.79 Å². The first kappa shape index (κ1) is 31.1. The number of cyclic esters (lactones) is 1. The lowest BCUT2D eigenvalue weighted by molar-refractivity contribution is 0.0532. The molecule has 3 unspecified atom stereocenters. The van der Waals surface area contributed by atoms with Crippen LogP contribution in [-0.4, -0.2) is 43.9 Å². The molecule has 10 heteroatoms. The zero-order valence-corrected chi connectivity index (χ0v) is 25.6. The number of carbonyl (C=O) groups excluding carboxylic acids is 1. The van der Waals surface area contributed by atoms with Crippen molar-refractivity contribution in [2.75, 3.05) is 13.7 Å². The van der Waals surface area contributed by atoms with Crippen LogP contribution in [0.1, 0.15) is 67.6 Å². The monoisotopic (exact) mass is 551 g/mol. The number of nitriles is 1. The van der Waals surface area contributed by atoms with Gasteiger partial charge in [-0.15, -0.1) is 0 Å². The molecule has 1 aromatic rings. The summed E-state index contributed by atoms with van der Waals surface area (Å²) in [7, 11) is -4.03. The fourth-order valence-electron chi connectivity index (χ4n) is 4.16. The minimum absolute atomic E-state index is 0.0494. The quantitative estimate of drug-likeness (QED) is 0.127. The van der Waals surface area contributed by atoms with Gasteiger partial charge in [0.15, 0.2) is 5.16 Å². The first-order chi connectivity index (χ1) is 17.1. The normalized spacial score (nSPS) is 17.8. The Morgan fingerprint density at radius 2 is 2.00 bits per heavy atom. The molecule has 1 heterocycles. The first-order valence-corrected chi connectivity index (χ1v) is 18.0. The number of fused-ring (bicyclic) bond motifs is 1. The van der Waals surface area contributed by atoms with Crippen molar-refractivity contribution in [1.29, 1.82) is 5.26 Å². The van der Waals surface area contributed by atoms with E-state index in [0.29, 0.717) is 42.1 Å². The summed E-state index contributed by atoms with van der Waals surface area (Å²) in [5.74, 6) is 0.685. The van der Waals surface area contributed by atoms with Crippen LogP contribution in [0, 0.1) is 18.3 Å². The molecule has 0 saturated heterocycles. The predicted molar refractivity (Wildman–Crippen MR) is 147 cm³/mol. The second-order valence-electron chi connectivity index (χ2n) is 11.2.